The summed E-state index contributed by atoms with van der Waals surface area (Å²) in [7, 11) is -4.02. The average molecular weight is 362 g/mol. The molecule has 1 aliphatic carbocycles. The summed E-state index contributed by atoms with van der Waals surface area (Å²) in [5, 5.41) is 3.67. The van der Waals surface area contributed by atoms with Crippen molar-refractivity contribution in [3.05, 3.63) is 65.2 Å². The number of hydrogen-bond donors (Lipinski definition) is 2. The molecule has 0 aromatic heterocycles. The van der Waals surface area contributed by atoms with Gasteiger partial charge in [-0.1, -0.05) is 42.0 Å². The highest BCUT2D eigenvalue weighted by atomic mass is 32.2. The van der Waals surface area contributed by atoms with Crippen LogP contribution in [0.3, 0.4) is 0 Å². The molecule has 3 rings (SSSR count). The van der Waals surface area contributed by atoms with Crippen LogP contribution in [0.5, 0.6) is 0 Å². The summed E-state index contributed by atoms with van der Waals surface area (Å²) in [6.07, 6.45) is 2.47. The summed E-state index contributed by atoms with van der Waals surface area (Å²) < 4.78 is 29.6. The molecule has 0 amide bonds. The molecule has 0 fully saturated rings. The van der Waals surface area contributed by atoms with E-state index in [2.05, 4.69) is 50.4 Å². The lowest BCUT2D eigenvalue weighted by Crippen LogP contribution is -2.37. The Balaban J connectivity index is 0.000000186. The van der Waals surface area contributed by atoms with Crippen LogP contribution >= 0.6 is 0 Å². The van der Waals surface area contributed by atoms with Crippen LogP contribution in [0.4, 0.5) is 0 Å². The van der Waals surface area contributed by atoms with Crippen LogP contribution in [0.1, 0.15) is 49.9 Å². The van der Waals surface area contributed by atoms with E-state index >= 15 is 0 Å². The molecule has 1 atom stereocenters. The van der Waals surface area contributed by atoms with Crippen molar-refractivity contribution in [2.75, 3.05) is 0 Å². The van der Waals surface area contributed by atoms with Gasteiger partial charge in [0.1, 0.15) is 0 Å². The zero-order chi connectivity index (χ0) is 18.7. The third kappa shape index (κ3) is 5.96. The molecule has 1 unspecified atom stereocenters. The predicted molar refractivity (Wildman–Crippen MR) is 101 cm³/mol. The quantitative estimate of drug-likeness (QED) is 0.783. The van der Waals surface area contributed by atoms with Gasteiger partial charge in [0.2, 0.25) is 0 Å². The van der Waals surface area contributed by atoms with Crippen molar-refractivity contribution in [3.63, 3.8) is 0 Å². The first kappa shape index (κ1) is 19.6. The molecule has 2 aromatic rings. The molecule has 5 heteroatoms. The third-order valence-corrected chi connectivity index (χ3v) is 4.93. The second-order valence-corrected chi connectivity index (χ2v) is 8.89. The molecular weight excluding hydrogens is 334 g/mol. The van der Waals surface area contributed by atoms with Gasteiger partial charge in [-0.25, -0.2) is 0 Å². The van der Waals surface area contributed by atoms with Crippen LogP contribution in [0.2, 0.25) is 0 Å². The molecule has 136 valence electrons. The molecule has 0 saturated carbocycles. The van der Waals surface area contributed by atoms with Gasteiger partial charge in [-0.15, -0.1) is 0 Å². The van der Waals surface area contributed by atoms with E-state index in [1.807, 2.05) is 6.92 Å². The predicted octanol–water partition coefficient (Wildman–Crippen LogP) is 4.30. The Hall–Kier alpha value is -1.69. The number of fused-ring (bicyclic) bond motifs is 1. The van der Waals surface area contributed by atoms with Crippen molar-refractivity contribution < 1.29 is 13.0 Å². The van der Waals surface area contributed by atoms with Gasteiger partial charge in [-0.2, -0.15) is 8.42 Å². The second kappa shape index (κ2) is 7.68. The van der Waals surface area contributed by atoms with Crippen molar-refractivity contribution in [1.82, 2.24) is 5.32 Å². The molecule has 25 heavy (non-hydrogen) atoms. The maximum Gasteiger partial charge on any atom is 0.294 e. The van der Waals surface area contributed by atoms with Crippen molar-refractivity contribution in [1.29, 1.82) is 0 Å². The molecular formula is C20H27NO3S. The zero-order valence-corrected chi connectivity index (χ0v) is 16.1. The monoisotopic (exact) mass is 361 g/mol. The first-order valence-corrected chi connectivity index (χ1v) is 9.90. The van der Waals surface area contributed by atoms with Crippen LogP contribution in [0.15, 0.2) is 53.4 Å². The minimum absolute atomic E-state index is 0.0666. The molecule has 0 aliphatic heterocycles. The third-order valence-electron chi connectivity index (χ3n) is 4.06. The molecule has 2 aromatic carbocycles. The Morgan fingerprint density at radius 3 is 2.20 bits per heavy atom. The molecule has 0 saturated heterocycles. The van der Waals surface area contributed by atoms with E-state index in [1.54, 1.807) is 12.1 Å². The highest BCUT2D eigenvalue weighted by Crippen LogP contribution is 2.32. The van der Waals surface area contributed by atoms with Gasteiger partial charge in [0, 0.05) is 11.6 Å². The van der Waals surface area contributed by atoms with Gasteiger partial charge in [-0.05, 0) is 63.8 Å². The van der Waals surface area contributed by atoms with E-state index in [1.165, 1.54) is 36.1 Å². The molecule has 2 N–H and O–H groups in total. The van der Waals surface area contributed by atoms with Crippen molar-refractivity contribution in [3.8, 4) is 0 Å². The number of nitrogens with one attached hydrogen (secondary N) is 1. The van der Waals surface area contributed by atoms with Crippen LogP contribution in [-0.2, 0) is 16.5 Å². The second-order valence-electron chi connectivity index (χ2n) is 7.47. The van der Waals surface area contributed by atoms with Gasteiger partial charge in [0.05, 0.1) is 4.90 Å². The lowest BCUT2D eigenvalue weighted by molar-refractivity contribution is 0.362. The normalized spacial score (nSPS) is 16.8. The highest BCUT2D eigenvalue weighted by molar-refractivity contribution is 7.85. The Morgan fingerprint density at radius 2 is 1.64 bits per heavy atom. The minimum Gasteiger partial charge on any atom is -0.305 e. The van der Waals surface area contributed by atoms with Gasteiger partial charge in [0.15, 0.2) is 0 Å². The van der Waals surface area contributed by atoms with Gasteiger partial charge < -0.3 is 5.32 Å². The molecule has 1 aliphatic rings. The highest BCUT2D eigenvalue weighted by Gasteiger charge is 2.25. The largest absolute Gasteiger partial charge is 0.305 e. The summed E-state index contributed by atoms with van der Waals surface area (Å²) in [6.45, 7) is 8.53. The number of aryl methyl sites for hydroxylation is 2. The summed E-state index contributed by atoms with van der Waals surface area (Å²) in [5.74, 6) is 0. The lowest BCUT2D eigenvalue weighted by atomic mass is 10.0. The fourth-order valence-corrected chi connectivity index (χ4v) is 3.42. The van der Waals surface area contributed by atoms with E-state index in [0.29, 0.717) is 6.04 Å². The van der Waals surface area contributed by atoms with Crippen molar-refractivity contribution in [2.24, 2.45) is 0 Å². The van der Waals surface area contributed by atoms with Gasteiger partial charge in [-0.3, -0.25) is 4.55 Å². The topological polar surface area (TPSA) is 66.4 Å². The number of hydrogen-bond acceptors (Lipinski definition) is 3. The molecule has 4 nitrogen and oxygen atoms in total. The van der Waals surface area contributed by atoms with Crippen molar-refractivity contribution >= 4 is 10.1 Å². The van der Waals surface area contributed by atoms with E-state index < -0.39 is 10.1 Å². The smallest absolute Gasteiger partial charge is 0.294 e. The van der Waals surface area contributed by atoms with Crippen LogP contribution < -0.4 is 5.32 Å². The summed E-state index contributed by atoms with van der Waals surface area (Å²) in [5.41, 5.74) is 4.19. The van der Waals surface area contributed by atoms with Crippen LogP contribution in [-0.4, -0.2) is 18.5 Å². The summed E-state index contributed by atoms with van der Waals surface area (Å²) in [6, 6.07) is 15.3. The first-order chi connectivity index (χ1) is 11.6. The maximum atomic E-state index is 10.5. The number of rotatable bonds is 2. The SMILES string of the molecule is CC(C)(C)NC1CCc2ccccc21.Cc1ccc(S(=O)(=O)O)cc1. The summed E-state index contributed by atoms with van der Waals surface area (Å²) in [4.78, 5) is -0.0666. The fraction of sp³-hybridized carbons (Fsp3) is 0.400. The Morgan fingerprint density at radius 1 is 1.04 bits per heavy atom. The van der Waals surface area contributed by atoms with E-state index in [-0.39, 0.29) is 10.4 Å². The van der Waals surface area contributed by atoms with E-state index in [0.717, 1.165) is 5.56 Å². The zero-order valence-electron chi connectivity index (χ0n) is 15.3. The average Bonchev–Trinajstić information content (AvgIpc) is 2.89. The Kier molecular flexibility index (Phi) is 6.03. The Labute approximate surface area is 151 Å². The van der Waals surface area contributed by atoms with E-state index in [4.69, 9.17) is 4.55 Å². The summed E-state index contributed by atoms with van der Waals surface area (Å²) >= 11 is 0. The van der Waals surface area contributed by atoms with Crippen LogP contribution in [0, 0.1) is 6.92 Å². The number of benzene rings is 2. The molecule has 0 radical (unpaired) electrons. The van der Waals surface area contributed by atoms with Gasteiger partial charge >= 0.3 is 0 Å². The van der Waals surface area contributed by atoms with Crippen LogP contribution in [0.25, 0.3) is 0 Å². The first-order valence-electron chi connectivity index (χ1n) is 8.46. The molecule has 0 bridgehead atoms. The Bertz CT molecular complexity index is 806. The fourth-order valence-electron chi connectivity index (χ4n) is 2.94. The standard InChI is InChI=1S/C13H19N.C7H8O3S/c1-13(2,3)14-12-9-8-10-6-4-5-7-11(10)12;1-6-2-4-7(5-3-6)11(8,9)10/h4-7,12,14H,8-9H2,1-3H3;2-5H,1H3,(H,8,9,10). The maximum absolute atomic E-state index is 10.5. The molecule has 0 heterocycles. The van der Waals surface area contributed by atoms with Crippen molar-refractivity contribution in [2.45, 2.75) is 57.0 Å². The van der Waals surface area contributed by atoms with Gasteiger partial charge in [0.25, 0.3) is 10.1 Å². The molecule has 0 spiro atoms. The lowest BCUT2D eigenvalue weighted by Gasteiger charge is -2.26. The minimum atomic E-state index is -4.02. The van der Waals surface area contributed by atoms with E-state index in [9.17, 15) is 8.42 Å².